The first-order valence-corrected chi connectivity index (χ1v) is 8.19. The van der Waals surface area contributed by atoms with Crippen LogP contribution < -0.4 is 5.73 Å². The summed E-state index contributed by atoms with van der Waals surface area (Å²) in [6.45, 7) is 5.16. The number of hydrogen-bond acceptors (Lipinski definition) is 2. The van der Waals surface area contributed by atoms with E-state index in [1.54, 1.807) is 0 Å². The highest BCUT2D eigenvalue weighted by molar-refractivity contribution is 9.10. The second kappa shape index (κ2) is 7.07. The molecule has 0 bridgehead atoms. The maximum atomic E-state index is 6.04. The van der Waals surface area contributed by atoms with E-state index in [1.165, 1.54) is 24.8 Å². The van der Waals surface area contributed by atoms with Crippen molar-refractivity contribution in [2.45, 2.75) is 38.8 Å². The Morgan fingerprint density at radius 2 is 2.26 bits per heavy atom. The van der Waals surface area contributed by atoms with E-state index in [9.17, 15) is 0 Å². The van der Waals surface area contributed by atoms with Gasteiger partial charge in [0, 0.05) is 23.6 Å². The number of piperidine rings is 1. The first-order chi connectivity index (χ1) is 9.13. The van der Waals surface area contributed by atoms with E-state index in [2.05, 4.69) is 39.9 Å². The van der Waals surface area contributed by atoms with Crippen LogP contribution in [-0.2, 0) is 6.54 Å². The number of rotatable bonds is 4. The van der Waals surface area contributed by atoms with Gasteiger partial charge >= 0.3 is 0 Å². The maximum absolute atomic E-state index is 6.04. The largest absolute Gasteiger partial charge is 0.329 e. The molecule has 0 aliphatic carbocycles. The zero-order valence-electron chi connectivity index (χ0n) is 11.4. The molecule has 19 heavy (non-hydrogen) atoms. The van der Waals surface area contributed by atoms with E-state index in [-0.39, 0.29) is 0 Å². The molecule has 0 amide bonds. The second-order valence-corrected chi connectivity index (χ2v) is 6.67. The fraction of sp³-hybridized carbons (Fsp3) is 0.600. The van der Waals surface area contributed by atoms with Gasteiger partial charge in [-0.1, -0.05) is 31.0 Å². The minimum absolute atomic E-state index is 0.521. The van der Waals surface area contributed by atoms with E-state index >= 15 is 0 Å². The predicted molar refractivity (Wildman–Crippen MR) is 85.4 cm³/mol. The predicted octanol–water partition coefficient (Wildman–Crippen LogP) is 4.05. The third kappa shape index (κ3) is 3.94. The van der Waals surface area contributed by atoms with E-state index < -0.39 is 0 Å². The molecule has 1 aromatic carbocycles. The first-order valence-electron chi connectivity index (χ1n) is 7.02. The smallest absolute Gasteiger partial charge is 0.0548 e. The molecular formula is C15H22BrClN2. The van der Waals surface area contributed by atoms with Crippen molar-refractivity contribution in [2.24, 2.45) is 11.7 Å². The number of nitrogens with zero attached hydrogens (tertiary/aromatic N) is 1. The Bertz CT molecular complexity index is 425. The van der Waals surface area contributed by atoms with Gasteiger partial charge in [0.2, 0.25) is 0 Å². The summed E-state index contributed by atoms with van der Waals surface area (Å²) in [5.41, 5.74) is 7.24. The highest BCUT2D eigenvalue weighted by Gasteiger charge is 2.26. The van der Waals surface area contributed by atoms with Gasteiger partial charge in [0.25, 0.3) is 0 Å². The lowest BCUT2D eigenvalue weighted by Gasteiger charge is -2.39. The molecule has 4 heteroatoms. The summed E-state index contributed by atoms with van der Waals surface area (Å²) >= 11 is 9.53. The average molecular weight is 346 g/mol. The van der Waals surface area contributed by atoms with Gasteiger partial charge in [0.05, 0.1) is 5.02 Å². The quantitative estimate of drug-likeness (QED) is 0.892. The molecule has 1 aliphatic heterocycles. The van der Waals surface area contributed by atoms with Crippen LogP contribution in [0.3, 0.4) is 0 Å². The van der Waals surface area contributed by atoms with Gasteiger partial charge in [-0.15, -0.1) is 0 Å². The average Bonchev–Trinajstić information content (AvgIpc) is 2.43. The molecule has 0 spiro atoms. The number of hydrogen-bond donors (Lipinski definition) is 1. The van der Waals surface area contributed by atoms with Crippen LogP contribution in [0.1, 0.15) is 31.7 Å². The summed E-state index contributed by atoms with van der Waals surface area (Å²) in [4.78, 5) is 2.52. The highest BCUT2D eigenvalue weighted by atomic mass is 79.9. The van der Waals surface area contributed by atoms with Gasteiger partial charge in [-0.05, 0) is 58.9 Å². The van der Waals surface area contributed by atoms with Crippen molar-refractivity contribution < 1.29 is 0 Å². The van der Waals surface area contributed by atoms with Gasteiger partial charge in [0.1, 0.15) is 0 Å². The summed E-state index contributed by atoms with van der Waals surface area (Å²) < 4.78 is 0.972. The van der Waals surface area contributed by atoms with Gasteiger partial charge in [-0.25, -0.2) is 0 Å². The van der Waals surface area contributed by atoms with Crippen LogP contribution >= 0.6 is 27.5 Å². The number of likely N-dealkylation sites (tertiary alicyclic amines) is 1. The lowest BCUT2D eigenvalue weighted by atomic mass is 9.88. The Hall–Kier alpha value is -0.0900. The summed E-state index contributed by atoms with van der Waals surface area (Å²) in [5, 5.41) is 0.767. The zero-order chi connectivity index (χ0) is 13.8. The monoisotopic (exact) mass is 344 g/mol. The van der Waals surface area contributed by atoms with Crippen LogP contribution in [0, 0.1) is 5.92 Å². The Morgan fingerprint density at radius 1 is 1.47 bits per heavy atom. The third-order valence-corrected chi connectivity index (χ3v) is 5.38. The molecule has 1 heterocycles. The fourth-order valence-corrected chi connectivity index (χ4v) is 3.42. The van der Waals surface area contributed by atoms with E-state index in [0.29, 0.717) is 6.04 Å². The van der Waals surface area contributed by atoms with Crippen LogP contribution in [0.2, 0.25) is 5.02 Å². The van der Waals surface area contributed by atoms with Crippen LogP contribution in [0.5, 0.6) is 0 Å². The van der Waals surface area contributed by atoms with Gasteiger partial charge < -0.3 is 5.73 Å². The second-order valence-electron chi connectivity index (χ2n) is 5.41. The standard InChI is InChI=1S/C15H22BrClN2/c1-2-11-5-6-19(13(7-11)9-18)10-12-3-4-15(17)14(16)8-12/h3-4,8,11,13H,2,5-7,9-10,18H2,1H3. The Labute approximate surface area is 129 Å². The topological polar surface area (TPSA) is 29.3 Å². The molecule has 1 aliphatic rings. The van der Waals surface area contributed by atoms with Crippen molar-refractivity contribution in [3.8, 4) is 0 Å². The minimum Gasteiger partial charge on any atom is -0.329 e. The molecule has 1 aromatic rings. The van der Waals surface area contributed by atoms with Crippen molar-refractivity contribution in [1.82, 2.24) is 4.90 Å². The molecule has 0 aromatic heterocycles. The van der Waals surface area contributed by atoms with Crippen molar-refractivity contribution in [1.29, 1.82) is 0 Å². The molecule has 2 atom stereocenters. The summed E-state index contributed by atoms with van der Waals surface area (Å²) in [5.74, 6) is 0.849. The normalized spacial score (nSPS) is 24.6. The number of halogens is 2. The lowest BCUT2D eigenvalue weighted by molar-refractivity contribution is 0.107. The van der Waals surface area contributed by atoms with Crippen LogP contribution in [0.25, 0.3) is 0 Å². The van der Waals surface area contributed by atoms with E-state index in [1.807, 2.05) is 6.07 Å². The zero-order valence-corrected chi connectivity index (χ0v) is 13.8. The molecule has 0 radical (unpaired) electrons. The molecule has 1 fully saturated rings. The van der Waals surface area contributed by atoms with Gasteiger partial charge in [0.15, 0.2) is 0 Å². The summed E-state index contributed by atoms with van der Waals surface area (Å²) in [6, 6.07) is 6.69. The number of nitrogens with two attached hydrogens (primary N) is 1. The molecule has 2 unspecified atom stereocenters. The van der Waals surface area contributed by atoms with E-state index in [0.717, 1.165) is 35.0 Å². The molecular weight excluding hydrogens is 324 g/mol. The molecule has 106 valence electrons. The Kier molecular flexibility index (Phi) is 5.70. The first kappa shape index (κ1) is 15.3. The minimum atomic E-state index is 0.521. The number of benzene rings is 1. The molecule has 2 rings (SSSR count). The maximum Gasteiger partial charge on any atom is 0.0548 e. The van der Waals surface area contributed by atoms with Crippen LogP contribution in [0.4, 0.5) is 0 Å². The summed E-state index contributed by atoms with van der Waals surface area (Å²) in [6.07, 6.45) is 3.81. The lowest BCUT2D eigenvalue weighted by Crippen LogP contribution is -2.46. The van der Waals surface area contributed by atoms with Crippen molar-refractivity contribution >= 4 is 27.5 Å². The molecule has 2 nitrogen and oxygen atoms in total. The molecule has 2 N–H and O–H groups in total. The third-order valence-electron chi connectivity index (χ3n) is 4.17. The van der Waals surface area contributed by atoms with Crippen molar-refractivity contribution in [3.05, 3.63) is 33.3 Å². The van der Waals surface area contributed by atoms with Crippen molar-refractivity contribution in [3.63, 3.8) is 0 Å². The fourth-order valence-electron chi connectivity index (χ4n) is 2.88. The SMILES string of the molecule is CCC1CCN(Cc2ccc(Cl)c(Br)c2)C(CN)C1. The Morgan fingerprint density at radius 3 is 2.89 bits per heavy atom. The van der Waals surface area contributed by atoms with Crippen LogP contribution in [0.15, 0.2) is 22.7 Å². The molecule has 0 saturated carbocycles. The van der Waals surface area contributed by atoms with Gasteiger partial charge in [-0.3, -0.25) is 4.90 Å². The van der Waals surface area contributed by atoms with E-state index in [4.69, 9.17) is 17.3 Å². The van der Waals surface area contributed by atoms with Gasteiger partial charge in [-0.2, -0.15) is 0 Å². The molecule has 1 saturated heterocycles. The van der Waals surface area contributed by atoms with Crippen molar-refractivity contribution in [2.75, 3.05) is 13.1 Å². The Balaban J connectivity index is 2.03. The summed E-state index contributed by atoms with van der Waals surface area (Å²) in [7, 11) is 0. The highest BCUT2D eigenvalue weighted by Crippen LogP contribution is 2.28. The van der Waals surface area contributed by atoms with Crippen LogP contribution in [-0.4, -0.2) is 24.0 Å².